The maximum atomic E-state index is 9.85. The van der Waals surface area contributed by atoms with Gasteiger partial charge in [0.2, 0.25) is 0 Å². The van der Waals surface area contributed by atoms with E-state index in [4.69, 9.17) is 4.74 Å². The van der Waals surface area contributed by atoms with Gasteiger partial charge in [-0.2, -0.15) is 0 Å². The van der Waals surface area contributed by atoms with Crippen molar-refractivity contribution in [3.8, 4) is 0 Å². The fourth-order valence-corrected chi connectivity index (χ4v) is 3.73. The average Bonchev–Trinajstić information content (AvgIpc) is 2.76. The van der Waals surface area contributed by atoms with Crippen LogP contribution in [0.15, 0.2) is 30.3 Å². The van der Waals surface area contributed by atoms with Gasteiger partial charge in [-0.05, 0) is 25.3 Å². The lowest BCUT2D eigenvalue weighted by Gasteiger charge is -2.42. The van der Waals surface area contributed by atoms with Crippen LogP contribution in [0, 0.1) is 5.41 Å². The van der Waals surface area contributed by atoms with Gasteiger partial charge in [0.05, 0.1) is 18.8 Å². The molecule has 2 fully saturated rings. The maximum absolute atomic E-state index is 9.85. The van der Waals surface area contributed by atoms with Gasteiger partial charge in [-0.15, -0.1) is 0 Å². The predicted octanol–water partition coefficient (Wildman–Crippen LogP) is 2.05. The number of piperidine rings is 1. The van der Waals surface area contributed by atoms with E-state index >= 15 is 0 Å². The topological polar surface area (TPSA) is 32.7 Å². The van der Waals surface area contributed by atoms with Gasteiger partial charge in [0.1, 0.15) is 0 Å². The second-order valence-corrected chi connectivity index (χ2v) is 6.14. The first-order valence-corrected chi connectivity index (χ1v) is 7.24. The van der Waals surface area contributed by atoms with E-state index in [2.05, 4.69) is 42.2 Å². The van der Waals surface area contributed by atoms with E-state index in [1.54, 1.807) is 0 Å². The molecule has 0 radical (unpaired) electrons. The number of hydrogen-bond donors (Lipinski definition) is 1. The lowest BCUT2D eigenvalue weighted by atomic mass is 9.76. The van der Waals surface area contributed by atoms with Gasteiger partial charge in [-0.3, -0.25) is 4.90 Å². The van der Waals surface area contributed by atoms with Gasteiger partial charge in [-0.25, -0.2) is 0 Å². The molecule has 2 aliphatic heterocycles. The summed E-state index contributed by atoms with van der Waals surface area (Å²) in [5, 5.41) is 9.85. The molecule has 1 aromatic rings. The fourth-order valence-electron chi connectivity index (χ4n) is 3.73. The van der Waals surface area contributed by atoms with E-state index in [0.717, 1.165) is 32.5 Å². The highest BCUT2D eigenvalue weighted by molar-refractivity contribution is 5.15. The SMILES string of the molecule is C[C@@H]1C[C@@]2(CO)CN(Cc3ccccc3)CC[C@@H]2O1. The van der Waals surface area contributed by atoms with Crippen molar-refractivity contribution in [1.29, 1.82) is 0 Å². The van der Waals surface area contributed by atoms with E-state index in [1.165, 1.54) is 5.56 Å². The second-order valence-electron chi connectivity index (χ2n) is 6.14. The van der Waals surface area contributed by atoms with E-state index < -0.39 is 0 Å². The molecule has 0 bridgehead atoms. The first-order valence-electron chi connectivity index (χ1n) is 7.24. The number of nitrogens with zero attached hydrogens (tertiary/aromatic N) is 1. The van der Waals surface area contributed by atoms with Crippen molar-refractivity contribution in [3.63, 3.8) is 0 Å². The number of likely N-dealkylation sites (tertiary alicyclic amines) is 1. The molecule has 3 nitrogen and oxygen atoms in total. The molecule has 2 aliphatic rings. The first-order chi connectivity index (χ1) is 9.22. The third-order valence-corrected chi connectivity index (χ3v) is 4.58. The minimum Gasteiger partial charge on any atom is -0.396 e. The Bertz CT molecular complexity index is 422. The van der Waals surface area contributed by atoms with Gasteiger partial charge >= 0.3 is 0 Å². The first kappa shape index (κ1) is 13.1. The van der Waals surface area contributed by atoms with Crippen LogP contribution in [-0.2, 0) is 11.3 Å². The highest BCUT2D eigenvalue weighted by Crippen LogP contribution is 2.43. The number of rotatable bonds is 3. The summed E-state index contributed by atoms with van der Waals surface area (Å²) in [6, 6.07) is 10.6. The van der Waals surface area contributed by atoms with Crippen molar-refractivity contribution in [2.24, 2.45) is 5.41 Å². The summed E-state index contributed by atoms with van der Waals surface area (Å²) in [7, 11) is 0. The summed E-state index contributed by atoms with van der Waals surface area (Å²) in [6.07, 6.45) is 2.56. The standard InChI is InChI=1S/C16H23NO2/c1-13-9-16(12-18)11-17(8-7-15(16)19-13)10-14-5-3-2-4-6-14/h2-6,13,15,18H,7-12H2,1H3/t13-,15+,16+/m1/s1. The Kier molecular flexibility index (Phi) is 3.61. The van der Waals surface area contributed by atoms with Crippen LogP contribution in [0.4, 0.5) is 0 Å². The van der Waals surface area contributed by atoms with Gasteiger partial charge in [0, 0.05) is 25.0 Å². The number of aliphatic hydroxyl groups excluding tert-OH is 1. The van der Waals surface area contributed by atoms with Crippen LogP contribution >= 0.6 is 0 Å². The van der Waals surface area contributed by atoms with E-state index in [1.807, 2.05) is 0 Å². The molecule has 104 valence electrons. The van der Waals surface area contributed by atoms with Crippen molar-refractivity contribution < 1.29 is 9.84 Å². The van der Waals surface area contributed by atoms with Crippen LogP contribution in [0.1, 0.15) is 25.3 Å². The minimum atomic E-state index is -0.0353. The summed E-state index contributed by atoms with van der Waals surface area (Å²) >= 11 is 0. The summed E-state index contributed by atoms with van der Waals surface area (Å²) in [5.74, 6) is 0. The monoisotopic (exact) mass is 261 g/mol. The molecule has 2 saturated heterocycles. The molecule has 3 atom stereocenters. The maximum Gasteiger partial charge on any atom is 0.0682 e. The Hall–Kier alpha value is -0.900. The van der Waals surface area contributed by atoms with E-state index in [-0.39, 0.29) is 24.2 Å². The Morgan fingerprint density at radius 1 is 1.37 bits per heavy atom. The van der Waals surface area contributed by atoms with Crippen LogP contribution in [0.5, 0.6) is 0 Å². The van der Waals surface area contributed by atoms with Gasteiger partial charge < -0.3 is 9.84 Å². The lowest BCUT2D eigenvalue weighted by molar-refractivity contribution is -0.0558. The summed E-state index contributed by atoms with van der Waals surface area (Å²) in [5.41, 5.74) is 1.31. The van der Waals surface area contributed by atoms with Gasteiger partial charge in [0.25, 0.3) is 0 Å². The zero-order valence-electron chi connectivity index (χ0n) is 11.6. The van der Waals surface area contributed by atoms with Crippen LogP contribution in [0.3, 0.4) is 0 Å². The van der Waals surface area contributed by atoms with Crippen molar-refractivity contribution in [2.45, 2.75) is 38.5 Å². The van der Waals surface area contributed by atoms with Crippen molar-refractivity contribution in [1.82, 2.24) is 4.90 Å². The number of fused-ring (bicyclic) bond motifs is 1. The number of ether oxygens (including phenoxy) is 1. The molecular weight excluding hydrogens is 238 g/mol. The lowest BCUT2D eigenvalue weighted by Crippen LogP contribution is -2.51. The van der Waals surface area contributed by atoms with E-state index in [0.29, 0.717) is 0 Å². The summed E-state index contributed by atoms with van der Waals surface area (Å²) in [4.78, 5) is 2.46. The highest BCUT2D eigenvalue weighted by Gasteiger charge is 2.49. The molecule has 0 saturated carbocycles. The Balaban J connectivity index is 1.70. The molecule has 0 amide bonds. The molecule has 3 rings (SSSR count). The molecule has 19 heavy (non-hydrogen) atoms. The Morgan fingerprint density at radius 3 is 2.89 bits per heavy atom. The van der Waals surface area contributed by atoms with Gasteiger partial charge in [-0.1, -0.05) is 30.3 Å². The van der Waals surface area contributed by atoms with Crippen molar-refractivity contribution >= 4 is 0 Å². The van der Waals surface area contributed by atoms with Crippen LogP contribution in [-0.4, -0.2) is 41.9 Å². The van der Waals surface area contributed by atoms with Crippen LogP contribution in [0.25, 0.3) is 0 Å². The summed E-state index contributed by atoms with van der Waals surface area (Å²) < 4.78 is 5.97. The second kappa shape index (κ2) is 5.23. The Labute approximate surface area is 115 Å². The molecule has 2 heterocycles. The van der Waals surface area contributed by atoms with Gasteiger partial charge in [0.15, 0.2) is 0 Å². The van der Waals surface area contributed by atoms with Crippen molar-refractivity contribution in [3.05, 3.63) is 35.9 Å². The number of aliphatic hydroxyl groups is 1. The van der Waals surface area contributed by atoms with Crippen LogP contribution in [0.2, 0.25) is 0 Å². The highest BCUT2D eigenvalue weighted by atomic mass is 16.5. The average molecular weight is 261 g/mol. The molecular formula is C16H23NO2. The summed E-state index contributed by atoms with van der Waals surface area (Å²) in [6.45, 7) is 5.36. The normalized spacial score (nSPS) is 35.3. The number of benzene rings is 1. The minimum absolute atomic E-state index is 0.0353. The smallest absolute Gasteiger partial charge is 0.0682 e. The zero-order valence-corrected chi connectivity index (χ0v) is 11.6. The molecule has 1 aromatic carbocycles. The fraction of sp³-hybridized carbons (Fsp3) is 0.625. The Morgan fingerprint density at radius 2 is 2.16 bits per heavy atom. The zero-order chi connectivity index (χ0) is 13.3. The molecule has 0 aliphatic carbocycles. The molecule has 0 aromatic heterocycles. The predicted molar refractivity (Wildman–Crippen MR) is 74.8 cm³/mol. The molecule has 3 heteroatoms. The van der Waals surface area contributed by atoms with Crippen LogP contribution < -0.4 is 0 Å². The quantitative estimate of drug-likeness (QED) is 0.904. The molecule has 1 N–H and O–H groups in total. The third kappa shape index (κ3) is 2.55. The number of hydrogen-bond acceptors (Lipinski definition) is 3. The molecule has 0 spiro atoms. The van der Waals surface area contributed by atoms with E-state index in [9.17, 15) is 5.11 Å². The third-order valence-electron chi connectivity index (χ3n) is 4.58. The van der Waals surface area contributed by atoms with Crippen molar-refractivity contribution in [2.75, 3.05) is 19.7 Å². The largest absolute Gasteiger partial charge is 0.396 e. The molecule has 0 unspecified atom stereocenters.